The van der Waals surface area contributed by atoms with Crippen LogP contribution in [0, 0.1) is 0 Å². The summed E-state index contributed by atoms with van der Waals surface area (Å²) in [6, 6.07) is 9.23. The molecule has 13 heteroatoms. The van der Waals surface area contributed by atoms with Gasteiger partial charge in [-0.15, -0.1) is 0 Å². The highest BCUT2D eigenvalue weighted by Crippen LogP contribution is 2.41. The van der Waals surface area contributed by atoms with Crippen molar-refractivity contribution >= 4 is 21.4 Å². The number of aromatic amines is 1. The van der Waals surface area contributed by atoms with Gasteiger partial charge >= 0.3 is 18.3 Å². The molecule has 0 bridgehead atoms. The Balaban J connectivity index is 2.06. The number of hydrogen-bond donors (Lipinski definition) is 2. The number of nitrogens with zero attached hydrogens (tertiary/aromatic N) is 1. The molecule has 0 spiro atoms. The quantitative estimate of drug-likeness (QED) is 0.535. The smallest absolute Gasteiger partial charge is 0.318 e. The number of sulfone groups is 1. The number of rotatable bonds is 4. The van der Waals surface area contributed by atoms with Crippen LogP contribution in [0.1, 0.15) is 5.69 Å². The predicted octanol–water partition coefficient (Wildman–Crippen LogP) is 4.67. The van der Waals surface area contributed by atoms with Crippen LogP contribution < -0.4 is 5.32 Å². The summed E-state index contributed by atoms with van der Waals surface area (Å²) in [4.78, 5) is 11.0. The van der Waals surface area contributed by atoms with Gasteiger partial charge in [-0.2, -0.15) is 31.4 Å². The van der Waals surface area contributed by atoms with Crippen LogP contribution in [0.2, 0.25) is 0 Å². The highest BCUT2D eigenvalue weighted by Gasteiger charge is 2.39. The lowest BCUT2D eigenvalue weighted by molar-refractivity contribution is -0.167. The van der Waals surface area contributed by atoms with Crippen LogP contribution in [-0.4, -0.2) is 37.0 Å². The second-order valence-corrected chi connectivity index (χ2v) is 8.66. The van der Waals surface area contributed by atoms with Gasteiger partial charge in [-0.05, 0) is 29.8 Å². The number of carbonyl (C=O) groups excluding carboxylic acids is 1. The van der Waals surface area contributed by atoms with Crippen molar-refractivity contribution in [1.82, 2.24) is 10.2 Å². The number of nitrogens with one attached hydrogen (secondary N) is 2. The molecular formula is C19H13F6N3O3S. The van der Waals surface area contributed by atoms with Crippen molar-refractivity contribution < 1.29 is 39.6 Å². The summed E-state index contributed by atoms with van der Waals surface area (Å²) in [6.45, 7) is 0. The molecule has 2 N–H and O–H groups in total. The minimum Gasteiger partial charge on any atom is -0.318 e. The lowest BCUT2D eigenvalue weighted by Gasteiger charge is -2.11. The summed E-state index contributed by atoms with van der Waals surface area (Å²) in [5.74, 6) is -2.23. The molecule has 3 aromatic rings. The van der Waals surface area contributed by atoms with E-state index in [-0.39, 0.29) is 27.4 Å². The monoisotopic (exact) mass is 477 g/mol. The van der Waals surface area contributed by atoms with Gasteiger partial charge in [-0.3, -0.25) is 9.89 Å². The van der Waals surface area contributed by atoms with Crippen molar-refractivity contribution in [1.29, 1.82) is 0 Å². The number of carbonyl (C=O) groups is 1. The van der Waals surface area contributed by atoms with E-state index in [1.165, 1.54) is 24.3 Å². The molecule has 0 aliphatic carbocycles. The zero-order valence-electron chi connectivity index (χ0n) is 16.0. The number of aromatic nitrogens is 2. The Kier molecular flexibility index (Phi) is 5.80. The third kappa shape index (κ3) is 4.93. The molecular weight excluding hydrogens is 464 g/mol. The third-order valence-electron chi connectivity index (χ3n) is 4.29. The van der Waals surface area contributed by atoms with Crippen molar-refractivity contribution in [2.45, 2.75) is 17.2 Å². The highest BCUT2D eigenvalue weighted by atomic mass is 32.2. The van der Waals surface area contributed by atoms with E-state index in [4.69, 9.17) is 0 Å². The van der Waals surface area contributed by atoms with Gasteiger partial charge in [-0.25, -0.2) is 8.42 Å². The van der Waals surface area contributed by atoms with Crippen LogP contribution in [0.4, 0.5) is 32.0 Å². The fourth-order valence-corrected chi connectivity index (χ4v) is 3.45. The Morgan fingerprint density at radius 3 is 1.91 bits per heavy atom. The molecule has 0 atom stereocenters. The second-order valence-electron chi connectivity index (χ2n) is 6.65. The van der Waals surface area contributed by atoms with Gasteiger partial charge in [0.1, 0.15) is 11.4 Å². The molecule has 0 fully saturated rings. The molecule has 1 amide bonds. The highest BCUT2D eigenvalue weighted by molar-refractivity contribution is 7.90. The van der Waals surface area contributed by atoms with E-state index in [9.17, 15) is 39.6 Å². The minimum atomic E-state index is -5.13. The Labute approximate surface area is 177 Å². The SMILES string of the molecule is CS(=O)(=O)c1ccc(-c2n[nH]c(C(F)(F)F)c2-c2ccc(NC(=O)C(F)(F)F)cc2)cc1. The number of hydrogen-bond acceptors (Lipinski definition) is 4. The maximum absolute atomic E-state index is 13.5. The summed E-state index contributed by atoms with van der Waals surface area (Å²) in [7, 11) is -3.53. The van der Waals surface area contributed by atoms with Crippen molar-refractivity contribution in [3.05, 3.63) is 54.2 Å². The van der Waals surface area contributed by atoms with Crippen LogP contribution in [0.25, 0.3) is 22.4 Å². The molecule has 32 heavy (non-hydrogen) atoms. The Hall–Kier alpha value is -3.35. The molecule has 2 aromatic carbocycles. The van der Waals surface area contributed by atoms with E-state index in [0.29, 0.717) is 0 Å². The van der Waals surface area contributed by atoms with Gasteiger partial charge in [0.2, 0.25) is 0 Å². The molecule has 0 saturated carbocycles. The van der Waals surface area contributed by atoms with Gasteiger partial charge in [-0.1, -0.05) is 24.3 Å². The van der Waals surface area contributed by atoms with Crippen LogP contribution in [-0.2, 0) is 20.8 Å². The maximum Gasteiger partial charge on any atom is 0.471 e. The summed E-state index contributed by atoms with van der Waals surface area (Å²) >= 11 is 0. The van der Waals surface area contributed by atoms with Crippen LogP contribution in [0.5, 0.6) is 0 Å². The number of alkyl halides is 6. The Morgan fingerprint density at radius 1 is 0.906 bits per heavy atom. The molecule has 0 aliphatic heterocycles. The average Bonchev–Trinajstić information content (AvgIpc) is 3.13. The van der Waals surface area contributed by atoms with Crippen LogP contribution >= 0.6 is 0 Å². The largest absolute Gasteiger partial charge is 0.471 e. The summed E-state index contributed by atoms with van der Waals surface area (Å²) < 4.78 is 101. The number of halogens is 6. The first-order valence-corrected chi connectivity index (χ1v) is 10.5. The van der Waals surface area contributed by atoms with E-state index in [1.807, 2.05) is 5.10 Å². The summed E-state index contributed by atoms with van der Waals surface area (Å²) in [5, 5.41) is 7.22. The normalized spacial score (nSPS) is 12.6. The minimum absolute atomic E-state index is 0.0425. The maximum atomic E-state index is 13.5. The first-order chi connectivity index (χ1) is 14.7. The lowest BCUT2D eigenvalue weighted by atomic mass is 9.98. The number of anilines is 1. The molecule has 1 heterocycles. The first-order valence-electron chi connectivity index (χ1n) is 8.62. The topological polar surface area (TPSA) is 91.9 Å². The van der Waals surface area contributed by atoms with E-state index in [1.54, 1.807) is 5.32 Å². The van der Waals surface area contributed by atoms with Gasteiger partial charge in [0.15, 0.2) is 9.84 Å². The number of amides is 1. The molecule has 0 aliphatic rings. The van der Waals surface area contributed by atoms with Crippen molar-refractivity contribution in [2.24, 2.45) is 0 Å². The number of benzene rings is 2. The summed E-state index contributed by atoms with van der Waals surface area (Å²) in [5.41, 5.74) is -1.88. The van der Waals surface area contributed by atoms with E-state index in [0.717, 1.165) is 30.5 Å². The fourth-order valence-electron chi connectivity index (χ4n) is 2.82. The zero-order valence-corrected chi connectivity index (χ0v) is 16.8. The molecule has 0 unspecified atom stereocenters. The van der Waals surface area contributed by atoms with Crippen LogP contribution in [0.3, 0.4) is 0 Å². The standard InChI is InChI=1S/C19H13F6N3O3S/c1-32(30,31)13-8-4-11(5-9-13)15-14(16(28-27-15)18(20,21)22)10-2-6-12(7-3-10)26-17(29)19(23,24)25/h2-9H,1H3,(H,26,29)(H,27,28). The van der Waals surface area contributed by atoms with Crippen molar-refractivity contribution in [2.75, 3.05) is 11.6 Å². The Morgan fingerprint density at radius 2 is 1.44 bits per heavy atom. The molecule has 0 saturated heterocycles. The molecule has 170 valence electrons. The average molecular weight is 477 g/mol. The Bertz CT molecular complexity index is 1250. The molecule has 1 aromatic heterocycles. The molecule has 3 rings (SSSR count). The van der Waals surface area contributed by atoms with E-state index < -0.39 is 39.4 Å². The first kappa shape index (κ1) is 23.3. The third-order valence-corrected chi connectivity index (χ3v) is 5.42. The summed E-state index contributed by atoms with van der Waals surface area (Å²) in [6.07, 6.45) is -8.99. The van der Waals surface area contributed by atoms with E-state index in [2.05, 4.69) is 5.10 Å². The fraction of sp³-hybridized carbons (Fsp3) is 0.158. The van der Waals surface area contributed by atoms with Gasteiger partial charge in [0.25, 0.3) is 0 Å². The van der Waals surface area contributed by atoms with Crippen LogP contribution in [0.15, 0.2) is 53.4 Å². The van der Waals surface area contributed by atoms with Gasteiger partial charge < -0.3 is 5.32 Å². The van der Waals surface area contributed by atoms with Gasteiger partial charge in [0, 0.05) is 23.1 Å². The second kappa shape index (κ2) is 7.97. The van der Waals surface area contributed by atoms with Gasteiger partial charge in [0.05, 0.1) is 4.90 Å². The molecule has 0 radical (unpaired) electrons. The predicted molar refractivity (Wildman–Crippen MR) is 102 cm³/mol. The molecule has 6 nitrogen and oxygen atoms in total. The van der Waals surface area contributed by atoms with Crippen molar-refractivity contribution in [3.63, 3.8) is 0 Å². The van der Waals surface area contributed by atoms with Crippen molar-refractivity contribution in [3.8, 4) is 22.4 Å². The lowest BCUT2D eigenvalue weighted by Crippen LogP contribution is -2.29. The number of H-pyrrole nitrogens is 1. The zero-order chi connectivity index (χ0) is 23.9. The van der Waals surface area contributed by atoms with E-state index >= 15 is 0 Å².